The highest BCUT2D eigenvalue weighted by molar-refractivity contribution is 5.82. The van der Waals surface area contributed by atoms with Crippen LogP contribution in [0.4, 0.5) is 0 Å². The van der Waals surface area contributed by atoms with Crippen molar-refractivity contribution in [2.24, 2.45) is 5.41 Å². The average molecular weight is 185 g/mol. The van der Waals surface area contributed by atoms with Crippen molar-refractivity contribution in [1.29, 1.82) is 0 Å². The largest absolute Gasteiger partial charge is 0.340 e. The van der Waals surface area contributed by atoms with E-state index in [1.54, 1.807) is 0 Å². The fourth-order valence-corrected chi connectivity index (χ4v) is 0.910. The number of carbonyl (C=O) groups is 1. The van der Waals surface area contributed by atoms with E-state index in [2.05, 4.69) is 27.7 Å². The van der Waals surface area contributed by atoms with Crippen LogP contribution in [-0.2, 0) is 4.79 Å². The summed E-state index contributed by atoms with van der Waals surface area (Å²) in [6, 6.07) is 0. The molecule has 0 aromatic rings. The van der Waals surface area contributed by atoms with Crippen molar-refractivity contribution >= 4 is 5.91 Å². The van der Waals surface area contributed by atoms with Gasteiger partial charge in [0.2, 0.25) is 5.91 Å². The third-order valence-corrected chi connectivity index (χ3v) is 2.77. The number of amides is 1. The molecule has 0 N–H and O–H groups in total. The van der Waals surface area contributed by atoms with Crippen molar-refractivity contribution in [2.75, 3.05) is 7.05 Å². The molecule has 78 valence electrons. The number of hydrogen-bond acceptors (Lipinski definition) is 1. The maximum Gasteiger partial charge on any atom is 0.228 e. The normalized spacial score (nSPS) is 12.8. The molecule has 0 spiro atoms. The first-order valence-electron chi connectivity index (χ1n) is 4.91. The van der Waals surface area contributed by atoms with Gasteiger partial charge in [-0.1, -0.05) is 20.8 Å². The van der Waals surface area contributed by atoms with E-state index in [4.69, 9.17) is 0 Å². The van der Waals surface area contributed by atoms with E-state index < -0.39 is 0 Å². The summed E-state index contributed by atoms with van der Waals surface area (Å²) in [4.78, 5) is 13.8. The summed E-state index contributed by atoms with van der Waals surface area (Å²) in [5.74, 6) is 0.225. The van der Waals surface area contributed by atoms with Crippen LogP contribution in [-0.4, -0.2) is 23.4 Å². The monoisotopic (exact) mass is 185 g/mol. The van der Waals surface area contributed by atoms with Crippen molar-refractivity contribution in [3.05, 3.63) is 0 Å². The van der Waals surface area contributed by atoms with E-state index in [0.717, 1.165) is 6.42 Å². The molecule has 0 radical (unpaired) electrons. The molecule has 0 aromatic heterocycles. The molecular formula is C11H23NO. The second kappa shape index (κ2) is 3.69. The quantitative estimate of drug-likeness (QED) is 0.647. The van der Waals surface area contributed by atoms with E-state index in [0.29, 0.717) is 0 Å². The van der Waals surface area contributed by atoms with Gasteiger partial charge in [0, 0.05) is 18.0 Å². The topological polar surface area (TPSA) is 20.3 Å². The minimum Gasteiger partial charge on any atom is -0.340 e. The Kier molecular flexibility index (Phi) is 3.54. The molecule has 0 bridgehead atoms. The van der Waals surface area contributed by atoms with Crippen molar-refractivity contribution in [3.63, 3.8) is 0 Å². The van der Waals surface area contributed by atoms with Crippen LogP contribution in [0.2, 0.25) is 0 Å². The van der Waals surface area contributed by atoms with Gasteiger partial charge in [0.1, 0.15) is 0 Å². The maximum atomic E-state index is 12.0. The molecule has 0 atom stereocenters. The molecule has 0 saturated heterocycles. The number of hydrogen-bond donors (Lipinski definition) is 0. The zero-order valence-corrected chi connectivity index (χ0v) is 10.1. The molecule has 0 fully saturated rings. The van der Waals surface area contributed by atoms with Crippen LogP contribution in [0.15, 0.2) is 0 Å². The molecule has 2 heteroatoms. The SMILES string of the molecule is CCC(C)(C)C(=O)N(C)C(C)(C)C. The minimum absolute atomic E-state index is 0.0798. The first kappa shape index (κ1) is 12.5. The van der Waals surface area contributed by atoms with E-state index in [1.165, 1.54) is 0 Å². The van der Waals surface area contributed by atoms with Crippen LogP contribution in [0.25, 0.3) is 0 Å². The van der Waals surface area contributed by atoms with Gasteiger partial charge in [-0.25, -0.2) is 0 Å². The Balaban J connectivity index is 4.63. The molecule has 0 aliphatic rings. The second-order valence-electron chi connectivity index (χ2n) is 5.27. The van der Waals surface area contributed by atoms with Crippen LogP contribution in [0, 0.1) is 5.41 Å². The minimum atomic E-state index is -0.234. The Morgan fingerprint density at radius 2 is 1.54 bits per heavy atom. The zero-order valence-electron chi connectivity index (χ0n) is 10.1. The number of rotatable bonds is 2. The standard InChI is InChI=1S/C11H23NO/c1-8-11(5,6)9(13)12(7)10(2,3)4/h8H2,1-7H3. The van der Waals surface area contributed by atoms with Gasteiger partial charge in [-0.2, -0.15) is 0 Å². The Morgan fingerprint density at radius 3 is 1.77 bits per heavy atom. The van der Waals surface area contributed by atoms with Gasteiger partial charge >= 0.3 is 0 Å². The van der Waals surface area contributed by atoms with E-state index >= 15 is 0 Å². The van der Waals surface area contributed by atoms with Gasteiger partial charge in [-0.05, 0) is 27.2 Å². The molecule has 0 rings (SSSR count). The van der Waals surface area contributed by atoms with Crippen LogP contribution in [0.3, 0.4) is 0 Å². The number of carbonyl (C=O) groups excluding carboxylic acids is 1. The molecule has 0 aromatic carbocycles. The van der Waals surface area contributed by atoms with Gasteiger partial charge in [0.15, 0.2) is 0 Å². The highest BCUT2D eigenvalue weighted by atomic mass is 16.2. The number of nitrogens with zero attached hydrogens (tertiary/aromatic N) is 1. The van der Waals surface area contributed by atoms with Crippen molar-refractivity contribution < 1.29 is 4.79 Å². The average Bonchev–Trinajstić information content (AvgIpc) is 2.00. The molecule has 0 unspecified atom stereocenters. The Hall–Kier alpha value is -0.530. The molecule has 2 nitrogen and oxygen atoms in total. The van der Waals surface area contributed by atoms with E-state index in [-0.39, 0.29) is 16.9 Å². The van der Waals surface area contributed by atoms with Crippen LogP contribution >= 0.6 is 0 Å². The van der Waals surface area contributed by atoms with Crippen molar-refractivity contribution in [3.8, 4) is 0 Å². The summed E-state index contributed by atoms with van der Waals surface area (Å²) in [5.41, 5.74) is -0.314. The molecule has 0 aliphatic carbocycles. The Morgan fingerprint density at radius 1 is 1.15 bits per heavy atom. The lowest BCUT2D eigenvalue weighted by Gasteiger charge is -2.37. The van der Waals surface area contributed by atoms with Gasteiger partial charge in [0.05, 0.1) is 0 Å². The fraction of sp³-hybridized carbons (Fsp3) is 0.909. The summed E-state index contributed by atoms with van der Waals surface area (Å²) in [5, 5.41) is 0. The molecule has 0 aliphatic heterocycles. The third kappa shape index (κ3) is 3.02. The maximum absolute atomic E-state index is 12.0. The highest BCUT2D eigenvalue weighted by Crippen LogP contribution is 2.25. The lowest BCUT2D eigenvalue weighted by Crippen LogP contribution is -2.48. The molecule has 1 amide bonds. The highest BCUT2D eigenvalue weighted by Gasteiger charge is 2.33. The third-order valence-electron chi connectivity index (χ3n) is 2.77. The van der Waals surface area contributed by atoms with Crippen molar-refractivity contribution in [1.82, 2.24) is 4.90 Å². The van der Waals surface area contributed by atoms with Crippen LogP contribution in [0.5, 0.6) is 0 Å². The second-order valence-corrected chi connectivity index (χ2v) is 5.27. The summed E-state index contributed by atoms with van der Waals surface area (Å²) in [6.07, 6.45) is 0.881. The lowest BCUT2D eigenvalue weighted by molar-refractivity contribution is -0.143. The summed E-state index contributed by atoms with van der Waals surface area (Å²) < 4.78 is 0. The molecule has 0 saturated carbocycles. The molecule has 13 heavy (non-hydrogen) atoms. The lowest BCUT2D eigenvalue weighted by atomic mass is 9.87. The van der Waals surface area contributed by atoms with E-state index in [9.17, 15) is 4.79 Å². The molecule has 0 heterocycles. The van der Waals surface area contributed by atoms with Crippen LogP contribution in [0.1, 0.15) is 48.0 Å². The van der Waals surface area contributed by atoms with Crippen molar-refractivity contribution in [2.45, 2.75) is 53.5 Å². The molecular weight excluding hydrogens is 162 g/mol. The Labute approximate surface area is 82.3 Å². The van der Waals surface area contributed by atoms with Gasteiger partial charge in [-0.15, -0.1) is 0 Å². The predicted octanol–water partition coefficient (Wildman–Crippen LogP) is 2.68. The summed E-state index contributed by atoms with van der Waals surface area (Å²) >= 11 is 0. The Bertz CT molecular complexity index is 189. The first-order chi connectivity index (χ1) is 5.63. The van der Waals surface area contributed by atoms with Gasteiger partial charge < -0.3 is 4.90 Å². The van der Waals surface area contributed by atoms with E-state index in [1.807, 2.05) is 25.8 Å². The predicted molar refractivity (Wildman–Crippen MR) is 56.6 cm³/mol. The summed E-state index contributed by atoms with van der Waals surface area (Å²) in [7, 11) is 1.87. The smallest absolute Gasteiger partial charge is 0.228 e. The fourth-order valence-electron chi connectivity index (χ4n) is 0.910. The van der Waals surface area contributed by atoms with Crippen LogP contribution < -0.4 is 0 Å². The first-order valence-corrected chi connectivity index (χ1v) is 4.91. The van der Waals surface area contributed by atoms with Gasteiger partial charge in [-0.3, -0.25) is 4.79 Å². The summed E-state index contributed by atoms with van der Waals surface area (Å²) in [6.45, 7) is 12.2. The van der Waals surface area contributed by atoms with Gasteiger partial charge in [0.25, 0.3) is 0 Å². The zero-order chi connectivity index (χ0) is 10.9.